The van der Waals surface area contributed by atoms with Crippen molar-refractivity contribution in [2.75, 3.05) is 0 Å². The summed E-state index contributed by atoms with van der Waals surface area (Å²) in [4.78, 5) is 16.6. The molecule has 0 saturated carbocycles. The van der Waals surface area contributed by atoms with Gasteiger partial charge in [0, 0.05) is 9.78 Å². The number of halogens is 1. The molecule has 0 N–H and O–H groups in total. The minimum atomic E-state index is -0.0680. The summed E-state index contributed by atoms with van der Waals surface area (Å²) in [6.45, 7) is 0. The van der Waals surface area contributed by atoms with Crippen molar-refractivity contribution in [3.63, 3.8) is 0 Å². The highest BCUT2D eigenvalue weighted by atomic mass is 127. The molecular weight excluding hydrogens is 365 g/mol. The van der Waals surface area contributed by atoms with Gasteiger partial charge in [-0.1, -0.05) is 24.3 Å². The van der Waals surface area contributed by atoms with E-state index in [1.807, 2.05) is 36.4 Å². The lowest BCUT2D eigenvalue weighted by Gasteiger charge is -1.98. The van der Waals surface area contributed by atoms with Crippen LogP contribution >= 0.6 is 22.6 Å². The lowest BCUT2D eigenvalue weighted by atomic mass is 10.2. The zero-order valence-corrected chi connectivity index (χ0v) is 12.6. The van der Waals surface area contributed by atoms with Gasteiger partial charge >= 0.3 is 0 Å². The summed E-state index contributed by atoms with van der Waals surface area (Å²) in [7, 11) is 0. The second-order valence-electron chi connectivity index (χ2n) is 4.23. The van der Waals surface area contributed by atoms with Crippen molar-refractivity contribution in [3.05, 3.63) is 74.2 Å². The highest BCUT2D eigenvalue weighted by Crippen LogP contribution is 2.20. The van der Waals surface area contributed by atoms with Gasteiger partial charge in [-0.3, -0.25) is 9.79 Å². The first-order valence-corrected chi connectivity index (χ1v) is 7.13. The Morgan fingerprint density at radius 1 is 1.05 bits per heavy atom. The SMILES string of the molecule is O=c1c(C=Nc2ccccc2I)coc2ccccc12. The van der Waals surface area contributed by atoms with E-state index in [1.54, 1.807) is 18.3 Å². The van der Waals surface area contributed by atoms with Gasteiger partial charge in [-0.2, -0.15) is 0 Å². The van der Waals surface area contributed by atoms with Crippen LogP contribution in [0.4, 0.5) is 5.69 Å². The van der Waals surface area contributed by atoms with Gasteiger partial charge in [-0.25, -0.2) is 0 Å². The third kappa shape index (κ3) is 2.51. The highest BCUT2D eigenvalue weighted by molar-refractivity contribution is 14.1. The maximum absolute atomic E-state index is 12.3. The van der Waals surface area contributed by atoms with Crippen LogP contribution in [0.2, 0.25) is 0 Å². The summed E-state index contributed by atoms with van der Waals surface area (Å²) in [5.74, 6) is 0. The Kier molecular flexibility index (Phi) is 3.64. The Labute approximate surface area is 129 Å². The third-order valence-electron chi connectivity index (χ3n) is 2.90. The molecule has 1 heterocycles. The molecule has 3 rings (SSSR count). The fourth-order valence-electron chi connectivity index (χ4n) is 1.88. The minimum Gasteiger partial charge on any atom is -0.463 e. The number of nitrogens with zero attached hydrogens (tertiary/aromatic N) is 1. The number of benzene rings is 2. The van der Waals surface area contributed by atoms with E-state index in [2.05, 4.69) is 27.6 Å². The van der Waals surface area contributed by atoms with Gasteiger partial charge in [0.25, 0.3) is 0 Å². The number of fused-ring (bicyclic) bond motifs is 1. The molecule has 0 aliphatic heterocycles. The summed E-state index contributed by atoms with van der Waals surface area (Å²) in [6.07, 6.45) is 3.00. The van der Waals surface area contributed by atoms with E-state index in [4.69, 9.17) is 4.42 Å². The van der Waals surface area contributed by atoms with Crippen molar-refractivity contribution in [2.45, 2.75) is 0 Å². The van der Waals surface area contributed by atoms with Gasteiger partial charge in [0.2, 0.25) is 5.43 Å². The standard InChI is InChI=1S/C16H10INO2/c17-13-6-2-3-7-14(13)18-9-11-10-20-15-8-4-1-5-12(15)16(11)19/h1-10H. The average molecular weight is 375 g/mol. The molecule has 98 valence electrons. The van der Waals surface area contributed by atoms with E-state index in [1.165, 1.54) is 6.26 Å². The van der Waals surface area contributed by atoms with E-state index in [0.717, 1.165) is 9.26 Å². The first-order chi connectivity index (χ1) is 9.75. The van der Waals surface area contributed by atoms with Gasteiger partial charge in [0.15, 0.2) is 0 Å². The van der Waals surface area contributed by atoms with Crippen molar-refractivity contribution in [3.8, 4) is 0 Å². The molecule has 3 nitrogen and oxygen atoms in total. The van der Waals surface area contributed by atoms with Crippen LogP contribution in [0.3, 0.4) is 0 Å². The third-order valence-corrected chi connectivity index (χ3v) is 3.81. The highest BCUT2D eigenvalue weighted by Gasteiger charge is 2.04. The lowest BCUT2D eigenvalue weighted by molar-refractivity contribution is 0.601. The Bertz CT molecular complexity index is 852. The van der Waals surface area contributed by atoms with E-state index < -0.39 is 0 Å². The second-order valence-corrected chi connectivity index (χ2v) is 5.39. The van der Waals surface area contributed by atoms with Gasteiger partial charge in [0.1, 0.15) is 11.8 Å². The Morgan fingerprint density at radius 3 is 2.65 bits per heavy atom. The predicted octanol–water partition coefficient (Wildman–Crippen LogP) is 4.15. The Hall–Kier alpha value is -1.95. The van der Waals surface area contributed by atoms with Crippen LogP contribution < -0.4 is 5.43 Å². The molecule has 2 aromatic carbocycles. The van der Waals surface area contributed by atoms with Gasteiger partial charge < -0.3 is 4.42 Å². The quantitative estimate of drug-likeness (QED) is 0.499. The fraction of sp³-hybridized carbons (Fsp3) is 0. The largest absolute Gasteiger partial charge is 0.463 e. The molecule has 0 aliphatic carbocycles. The van der Waals surface area contributed by atoms with Crippen molar-refractivity contribution in [1.29, 1.82) is 0 Å². The molecule has 0 radical (unpaired) electrons. The van der Waals surface area contributed by atoms with Crippen LogP contribution in [0.25, 0.3) is 11.0 Å². The van der Waals surface area contributed by atoms with Crippen LogP contribution in [0.5, 0.6) is 0 Å². The Morgan fingerprint density at radius 2 is 1.80 bits per heavy atom. The molecule has 0 aliphatic rings. The van der Waals surface area contributed by atoms with E-state index in [9.17, 15) is 4.79 Å². The molecule has 4 heteroatoms. The molecule has 0 bridgehead atoms. The molecule has 0 amide bonds. The first-order valence-electron chi connectivity index (χ1n) is 6.05. The van der Waals surface area contributed by atoms with Crippen LogP contribution in [-0.2, 0) is 0 Å². The minimum absolute atomic E-state index is 0.0680. The molecule has 0 saturated heterocycles. The maximum Gasteiger partial charge on any atom is 0.201 e. The number of hydrogen-bond donors (Lipinski definition) is 0. The molecule has 1 aromatic heterocycles. The van der Waals surface area contributed by atoms with Gasteiger partial charge in [0.05, 0.1) is 16.6 Å². The molecular formula is C16H10INO2. The van der Waals surface area contributed by atoms with Crippen molar-refractivity contribution < 1.29 is 4.42 Å². The van der Waals surface area contributed by atoms with Crippen LogP contribution in [0, 0.1) is 3.57 Å². The van der Waals surface area contributed by atoms with Crippen LogP contribution in [0.15, 0.2) is 69.0 Å². The van der Waals surface area contributed by atoms with Gasteiger partial charge in [-0.15, -0.1) is 0 Å². The zero-order valence-electron chi connectivity index (χ0n) is 10.4. The van der Waals surface area contributed by atoms with Crippen molar-refractivity contribution >= 4 is 45.5 Å². The average Bonchev–Trinajstić information content (AvgIpc) is 2.48. The Balaban J connectivity index is 2.06. The van der Waals surface area contributed by atoms with Crippen molar-refractivity contribution in [2.24, 2.45) is 4.99 Å². The normalized spacial score (nSPS) is 11.2. The summed E-state index contributed by atoms with van der Waals surface area (Å²) >= 11 is 2.21. The molecule has 0 spiro atoms. The maximum atomic E-state index is 12.3. The van der Waals surface area contributed by atoms with Crippen LogP contribution in [-0.4, -0.2) is 6.21 Å². The number of rotatable bonds is 2. The molecule has 0 atom stereocenters. The monoisotopic (exact) mass is 375 g/mol. The first kappa shape index (κ1) is 13.1. The second kappa shape index (κ2) is 5.58. The smallest absolute Gasteiger partial charge is 0.201 e. The summed E-state index contributed by atoms with van der Waals surface area (Å²) in [5, 5.41) is 0.569. The predicted molar refractivity (Wildman–Crippen MR) is 88.9 cm³/mol. The van der Waals surface area contributed by atoms with E-state index in [-0.39, 0.29) is 5.43 Å². The molecule has 0 unspecified atom stereocenters. The molecule has 3 aromatic rings. The topological polar surface area (TPSA) is 42.6 Å². The number of hydrogen-bond acceptors (Lipinski definition) is 3. The van der Waals surface area contributed by atoms with Crippen molar-refractivity contribution in [1.82, 2.24) is 0 Å². The van der Waals surface area contributed by atoms with Crippen LogP contribution in [0.1, 0.15) is 5.56 Å². The van der Waals surface area contributed by atoms with Gasteiger partial charge in [-0.05, 0) is 46.9 Å². The summed E-state index contributed by atoms with van der Waals surface area (Å²) in [5.41, 5.74) is 1.80. The number of para-hydroxylation sites is 2. The molecule has 20 heavy (non-hydrogen) atoms. The fourth-order valence-corrected chi connectivity index (χ4v) is 2.40. The lowest BCUT2D eigenvalue weighted by Crippen LogP contribution is -2.07. The summed E-state index contributed by atoms with van der Waals surface area (Å²) < 4.78 is 6.48. The number of aliphatic imine (C=N–C) groups is 1. The zero-order chi connectivity index (χ0) is 13.9. The summed E-state index contributed by atoms with van der Waals surface area (Å²) in [6, 6.07) is 14.9. The molecule has 0 fully saturated rings. The van der Waals surface area contributed by atoms with E-state index >= 15 is 0 Å². The van der Waals surface area contributed by atoms with E-state index in [0.29, 0.717) is 16.5 Å².